The fourth-order valence-corrected chi connectivity index (χ4v) is 1.45. The van der Waals surface area contributed by atoms with Gasteiger partial charge in [0.1, 0.15) is 6.30 Å². The minimum atomic E-state index is -2.52. The number of hydrogen-bond acceptors (Lipinski definition) is 0. The predicted molar refractivity (Wildman–Crippen MR) is 38.4 cm³/mol. The summed E-state index contributed by atoms with van der Waals surface area (Å²) in [6.07, 6.45) is 0.952. The van der Waals surface area contributed by atoms with Crippen LogP contribution in [0.1, 0.15) is 0 Å². The lowest BCUT2D eigenvalue weighted by Crippen LogP contribution is -2.20. The van der Waals surface area contributed by atoms with Crippen molar-refractivity contribution < 1.29 is 4.39 Å². The van der Waals surface area contributed by atoms with Crippen molar-refractivity contribution in [3.05, 3.63) is 12.7 Å². The summed E-state index contributed by atoms with van der Waals surface area (Å²) in [5.41, 5.74) is 0. The van der Waals surface area contributed by atoms with Crippen LogP contribution in [-0.2, 0) is 0 Å². The van der Waals surface area contributed by atoms with Gasteiger partial charge in [-0.05, 0) is 6.04 Å². The van der Waals surface area contributed by atoms with Gasteiger partial charge in [-0.3, -0.25) is 4.39 Å². The van der Waals surface area contributed by atoms with Crippen LogP contribution >= 0.6 is 22.2 Å². The largest absolute Gasteiger partial charge is 0.284 e. The van der Waals surface area contributed by atoms with Gasteiger partial charge in [-0.1, -0.05) is 6.08 Å². The van der Waals surface area contributed by atoms with Gasteiger partial charge in [-0.2, -0.15) is 0 Å². The molecule has 0 radical (unpaired) electrons. The number of halogens is 3. The van der Waals surface area contributed by atoms with Gasteiger partial charge in [0.2, 0.25) is 0 Å². The van der Waals surface area contributed by atoms with Crippen molar-refractivity contribution in [2.24, 2.45) is 0 Å². The predicted octanol–water partition coefficient (Wildman–Crippen LogP) is 2.60. The lowest BCUT2D eigenvalue weighted by Gasteiger charge is -2.06. The molecule has 0 rings (SSSR count). The highest BCUT2D eigenvalue weighted by Gasteiger charge is 2.25. The summed E-state index contributed by atoms with van der Waals surface area (Å²) in [4.78, 5) is 0. The van der Waals surface area contributed by atoms with Gasteiger partial charge >= 0.3 is 0 Å². The third-order valence-electron chi connectivity index (χ3n) is 0.638. The van der Waals surface area contributed by atoms with Gasteiger partial charge in [0.05, 0.1) is 0 Å². The van der Waals surface area contributed by atoms with Gasteiger partial charge in [0.25, 0.3) is 6.69 Å². The average molecular weight is 173 g/mol. The van der Waals surface area contributed by atoms with Gasteiger partial charge < -0.3 is 0 Å². The lowest BCUT2D eigenvalue weighted by atomic mass is 10.8. The van der Waals surface area contributed by atoms with Gasteiger partial charge in [0.15, 0.2) is 0 Å². The Hall–Kier alpha value is 0.467. The molecule has 48 valence electrons. The van der Waals surface area contributed by atoms with E-state index in [1.807, 2.05) is 0 Å². The molecule has 0 fully saturated rings. The van der Waals surface area contributed by atoms with Crippen LogP contribution < -0.4 is 0 Å². The molecule has 0 unspecified atom stereocenters. The van der Waals surface area contributed by atoms with Crippen molar-refractivity contribution in [2.75, 3.05) is 6.30 Å². The van der Waals surface area contributed by atoms with Crippen molar-refractivity contribution in [2.45, 2.75) is 6.04 Å². The summed E-state index contributed by atoms with van der Waals surface area (Å²) in [5, 5.41) is 0. The van der Waals surface area contributed by atoms with Gasteiger partial charge in [-0.25, -0.2) is 0 Å². The van der Waals surface area contributed by atoms with Crippen molar-refractivity contribution in [3.63, 3.8) is 0 Å². The fraction of sp³-hybridized carbons (Fsp3) is 0.500. The van der Waals surface area contributed by atoms with Crippen LogP contribution in [-0.4, -0.2) is 13.0 Å². The zero-order valence-electron chi connectivity index (χ0n) is 4.33. The molecule has 0 nitrogen and oxygen atoms in total. The smallest absolute Gasteiger partial charge is 0.252 e. The van der Waals surface area contributed by atoms with Gasteiger partial charge in [0, 0.05) is 0 Å². The molecule has 0 aliphatic heterocycles. The van der Waals surface area contributed by atoms with E-state index in [2.05, 4.69) is 6.58 Å². The molecule has 0 aliphatic rings. The molecule has 0 aromatic heterocycles. The Balaban J connectivity index is 3.53. The first-order valence-electron chi connectivity index (χ1n) is 2.17. The zero-order valence-corrected chi connectivity index (χ0v) is 6.84. The van der Waals surface area contributed by atoms with E-state index in [0.717, 1.165) is 0 Å². The summed E-state index contributed by atoms with van der Waals surface area (Å²) in [6.45, 7) is 0.875. The summed E-state index contributed by atoms with van der Waals surface area (Å²) in [6, 6.07) is 0.423. The standard InChI is InChI=1S/C4H7Cl2FSi/c1-2-3-8(5,6)4-7/h2H,1,3-4H2. The van der Waals surface area contributed by atoms with Crippen LogP contribution in [0.4, 0.5) is 4.39 Å². The maximum atomic E-state index is 11.7. The monoisotopic (exact) mass is 172 g/mol. The van der Waals surface area contributed by atoms with E-state index < -0.39 is 13.0 Å². The van der Waals surface area contributed by atoms with Crippen molar-refractivity contribution in [3.8, 4) is 0 Å². The SMILES string of the molecule is C=CC[Si](Cl)(Cl)CF. The van der Waals surface area contributed by atoms with Crippen molar-refractivity contribution >= 4 is 28.9 Å². The lowest BCUT2D eigenvalue weighted by molar-refractivity contribution is 0.589. The Morgan fingerprint density at radius 1 is 1.62 bits per heavy atom. The maximum absolute atomic E-state index is 11.7. The van der Waals surface area contributed by atoms with Crippen LogP contribution in [0.25, 0.3) is 0 Å². The number of alkyl halides is 1. The molecule has 0 saturated carbocycles. The summed E-state index contributed by atoms with van der Waals surface area (Å²) in [7, 11) is 0. The first-order chi connectivity index (χ1) is 3.62. The Morgan fingerprint density at radius 2 is 2.12 bits per heavy atom. The van der Waals surface area contributed by atoms with E-state index in [4.69, 9.17) is 22.2 Å². The molecule has 0 bridgehead atoms. The van der Waals surface area contributed by atoms with Crippen LogP contribution in [0.2, 0.25) is 6.04 Å². The second kappa shape index (κ2) is 3.48. The van der Waals surface area contributed by atoms with E-state index in [1.54, 1.807) is 6.08 Å². The number of rotatable bonds is 3. The number of hydrogen-bond donors (Lipinski definition) is 0. The highest BCUT2D eigenvalue weighted by Crippen LogP contribution is 2.20. The van der Waals surface area contributed by atoms with Crippen LogP contribution in [0, 0.1) is 0 Å². The highest BCUT2D eigenvalue weighted by molar-refractivity contribution is 7.45. The van der Waals surface area contributed by atoms with Gasteiger partial charge in [-0.15, -0.1) is 28.7 Å². The third kappa shape index (κ3) is 3.47. The van der Waals surface area contributed by atoms with E-state index in [1.165, 1.54) is 0 Å². The third-order valence-corrected chi connectivity index (χ3v) is 3.45. The van der Waals surface area contributed by atoms with E-state index in [-0.39, 0.29) is 0 Å². The van der Waals surface area contributed by atoms with Crippen molar-refractivity contribution in [1.29, 1.82) is 0 Å². The Bertz CT molecular complexity index is 84.1. The molecule has 0 saturated heterocycles. The topological polar surface area (TPSA) is 0 Å². The van der Waals surface area contributed by atoms with E-state index >= 15 is 0 Å². The van der Waals surface area contributed by atoms with Crippen molar-refractivity contribution in [1.82, 2.24) is 0 Å². The molecule has 4 heteroatoms. The average Bonchev–Trinajstić information content (AvgIpc) is 1.67. The van der Waals surface area contributed by atoms with E-state index in [0.29, 0.717) is 6.04 Å². The first-order valence-corrected chi connectivity index (χ1v) is 6.61. The number of allylic oxidation sites excluding steroid dienone is 1. The van der Waals surface area contributed by atoms with E-state index in [9.17, 15) is 4.39 Å². The molecule has 0 aliphatic carbocycles. The van der Waals surface area contributed by atoms with Crippen LogP contribution in [0.5, 0.6) is 0 Å². The molecule has 0 aromatic carbocycles. The zero-order chi connectivity index (χ0) is 6.62. The molecule has 8 heavy (non-hydrogen) atoms. The highest BCUT2D eigenvalue weighted by atomic mass is 35.7. The second-order valence-electron chi connectivity index (χ2n) is 1.48. The summed E-state index contributed by atoms with van der Waals surface area (Å²) >= 11 is 11.0. The Morgan fingerprint density at radius 3 is 2.25 bits per heavy atom. The normalized spacial score (nSPS) is 11.4. The molecule has 0 spiro atoms. The molecule has 0 amide bonds. The van der Waals surface area contributed by atoms with Crippen LogP contribution in [0.3, 0.4) is 0 Å². The summed E-state index contributed by atoms with van der Waals surface area (Å²) < 4.78 is 11.7. The Labute approximate surface area is 58.7 Å². The maximum Gasteiger partial charge on any atom is 0.284 e. The first kappa shape index (κ1) is 8.47. The minimum absolute atomic E-state index is 0.423. The Kier molecular flexibility index (Phi) is 3.69. The second-order valence-corrected chi connectivity index (χ2v) is 8.79. The molecular weight excluding hydrogens is 166 g/mol. The molecule has 0 heterocycles. The summed E-state index contributed by atoms with van der Waals surface area (Å²) in [5.74, 6) is 0. The minimum Gasteiger partial charge on any atom is -0.252 e. The molecule has 0 N–H and O–H groups in total. The molecule has 0 atom stereocenters. The fourth-order valence-electron chi connectivity index (χ4n) is 0.266. The molecular formula is C4H7Cl2FSi. The molecule has 0 aromatic rings. The van der Waals surface area contributed by atoms with Crippen LogP contribution in [0.15, 0.2) is 12.7 Å². The quantitative estimate of drug-likeness (QED) is 0.349.